The summed E-state index contributed by atoms with van der Waals surface area (Å²) in [5, 5.41) is 4.69. The van der Waals surface area contributed by atoms with Gasteiger partial charge < -0.3 is 20.0 Å². The highest BCUT2D eigenvalue weighted by Crippen LogP contribution is 2.31. The van der Waals surface area contributed by atoms with E-state index in [4.69, 9.17) is 4.74 Å². The summed E-state index contributed by atoms with van der Waals surface area (Å²) in [5.74, 6) is 0.558. The molecule has 32 heavy (non-hydrogen) atoms. The Kier molecular flexibility index (Phi) is 6.75. The van der Waals surface area contributed by atoms with Crippen LogP contribution in [0.25, 0.3) is 0 Å². The molecule has 2 heterocycles. The van der Waals surface area contributed by atoms with Gasteiger partial charge in [0.05, 0.1) is 12.6 Å². The van der Waals surface area contributed by atoms with E-state index < -0.39 is 0 Å². The molecule has 1 saturated heterocycles. The molecule has 7 heteroatoms. The molecule has 2 aliphatic rings. The third kappa shape index (κ3) is 5.11. The number of aryl methyl sites for hydroxylation is 1. The van der Waals surface area contributed by atoms with E-state index in [1.54, 1.807) is 6.20 Å². The van der Waals surface area contributed by atoms with Gasteiger partial charge in [-0.25, -0.2) is 5.43 Å². The van der Waals surface area contributed by atoms with E-state index in [0.717, 1.165) is 42.0 Å². The molecule has 2 aliphatic heterocycles. The average Bonchev–Trinajstić information content (AvgIpc) is 3.23. The number of anilines is 1. The first-order valence-corrected chi connectivity index (χ1v) is 11.2. The lowest BCUT2D eigenvalue weighted by Gasteiger charge is -2.31. The number of unbranched alkanes of at least 4 members (excludes halogenated alkanes) is 1. The van der Waals surface area contributed by atoms with Gasteiger partial charge in [0.25, 0.3) is 5.91 Å². The number of hydrogen-bond acceptors (Lipinski definition) is 5. The first-order chi connectivity index (χ1) is 15.5. The molecule has 7 nitrogen and oxygen atoms in total. The molecule has 2 atom stereocenters. The van der Waals surface area contributed by atoms with E-state index >= 15 is 0 Å². The van der Waals surface area contributed by atoms with E-state index in [1.165, 1.54) is 4.90 Å². The van der Waals surface area contributed by atoms with Crippen molar-refractivity contribution in [3.8, 4) is 5.75 Å². The number of fused-ring (bicyclic) bond motifs is 1. The normalized spacial score (nSPS) is 19.8. The van der Waals surface area contributed by atoms with Crippen molar-refractivity contribution >= 4 is 17.5 Å². The fourth-order valence-corrected chi connectivity index (χ4v) is 3.91. The summed E-state index contributed by atoms with van der Waals surface area (Å²) in [7, 11) is 0. The lowest BCUT2D eigenvalue weighted by molar-refractivity contribution is -0.137. The number of hydrazine groups is 1. The van der Waals surface area contributed by atoms with Crippen LogP contribution < -0.4 is 15.5 Å². The zero-order valence-electron chi connectivity index (χ0n) is 18.6. The van der Waals surface area contributed by atoms with Crippen LogP contribution in [0.2, 0.25) is 0 Å². The molecule has 168 valence electrons. The van der Waals surface area contributed by atoms with E-state index in [-0.39, 0.29) is 30.4 Å². The van der Waals surface area contributed by atoms with Gasteiger partial charge in [-0.1, -0.05) is 43.2 Å². The van der Waals surface area contributed by atoms with Crippen molar-refractivity contribution in [1.29, 1.82) is 0 Å². The van der Waals surface area contributed by atoms with Gasteiger partial charge in [-0.2, -0.15) is 0 Å². The van der Waals surface area contributed by atoms with Gasteiger partial charge in [-0.3, -0.25) is 9.59 Å². The number of carbonyl (C=O) groups excluding carboxylic acids is 2. The lowest BCUT2D eigenvalue weighted by atomic mass is 10.0. The standard InChI is InChI=1S/C25H30N4O3/c1-3-4-15-32-21-11-7-19(8-12-21)22-16-23-25(31)28(13-14-29(23)27-22)17-24(30)26-20-9-5-18(2)6-10-20/h5-14,22-23,27H,3-4,15-17H2,1-2H3,(H,26,30). The van der Waals surface area contributed by atoms with Gasteiger partial charge in [0.2, 0.25) is 5.91 Å². The Morgan fingerprint density at radius 2 is 1.88 bits per heavy atom. The van der Waals surface area contributed by atoms with Crippen molar-refractivity contribution in [2.75, 3.05) is 18.5 Å². The third-order valence-corrected chi connectivity index (χ3v) is 5.77. The summed E-state index contributed by atoms with van der Waals surface area (Å²) in [6.07, 6.45) is 6.26. The fraction of sp³-hybridized carbons (Fsp3) is 0.360. The second-order valence-corrected chi connectivity index (χ2v) is 8.29. The highest BCUT2D eigenvalue weighted by atomic mass is 16.5. The third-order valence-electron chi connectivity index (χ3n) is 5.77. The molecule has 0 bridgehead atoms. The summed E-state index contributed by atoms with van der Waals surface area (Å²) in [4.78, 5) is 26.9. The van der Waals surface area contributed by atoms with Crippen LogP contribution in [0.3, 0.4) is 0 Å². The Bertz CT molecular complexity index is 972. The molecule has 2 amide bonds. The van der Waals surface area contributed by atoms with Crippen LogP contribution in [0.5, 0.6) is 5.75 Å². The van der Waals surface area contributed by atoms with Gasteiger partial charge in [-0.15, -0.1) is 0 Å². The molecule has 0 spiro atoms. The van der Waals surface area contributed by atoms with Crippen molar-refractivity contribution < 1.29 is 14.3 Å². The predicted molar refractivity (Wildman–Crippen MR) is 124 cm³/mol. The SMILES string of the molecule is CCCCOc1ccc(C2CC3C(=O)N(CC(=O)Nc4ccc(C)cc4)C=CN3N2)cc1. The van der Waals surface area contributed by atoms with Crippen LogP contribution in [0.4, 0.5) is 5.69 Å². The molecule has 0 saturated carbocycles. The van der Waals surface area contributed by atoms with Crippen molar-refractivity contribution in [3.63, 3.8) is 0 Å². The molecule has 1 fully saturated rings. The quantitative estimate of drug-likeness (QED) is 0.619. The van der Waals surface area contributed by atoms with Gasteiger partial charge >= 0.3 is 0 Å². The first kappa shape index (κ1) is 21.9. The Morgan fingerprint density at radius 3 is 2.59 bits per heavy atom. The molecule has 0 radical (unpaired) electrons. The van der Waals surface area contributed by atoms with Crippen LogP contribution >= 0.6 is 0 Å². The van der Waals surface area contributed by atoms with E-state index in [1.807, 2.05) is 66.7 Å². The minimum absolute atomic E-state index is 0.0119. The van der Waals surface area contributed by atoms with E-state index in [2.05, 4.69) is 17.7 Å². The number of rotatable bonds is 8. The summed E-state index contributed by atoms with van der Waals surface area (Å²) in [5.41, 5.74) is 6.34. The number of amides is 2. The Hall–Kier alpha value is -3.32. The lowest BCUT2D eigenvalue weighted by Crippen LogP contribution is -2.49. The number of hydrogen-bond donors (Lipinski definition) is 2. The summed E-state index contributed by atoms with van der Waals surface area (Å²) in [6, 6.07) is 15.3. The van der Waals surface area contributed by atoms with Crippen LogP contribution in [0.15, 0.2) is 60.9 Å². The topological polar surface area (TPSA) is 73.9 Å². The van der Waals surface area contributed by atoms with Gasteiger partial charge in [0, 0.05) is 18.1 Å². The van der Waals surface area contributed by atoms with E-state index in [0.29, 0.717) is 6.42 Å². The largest absolute Gasteiger partial charge is 0.494 e. The fourth-order valence-electron chi connectivity index (χ4n) is 3.91. The molecular formula is C25H30N4O3. The maximum Gasteiger partial charge on any atom is 0.251 e. The highest BCUT2D eigenvalue weighted by molar-refractivity contribution is 5.96. The van der Waals surface area contributed by atoms with Crippen molar-refractivity contribution in [2.45, 2.75) is 45.2 Å². The zero-order valence-corrected chi connectivity index (χ0v) is 18.6. The second kappa shape index (κ2) is 9.87. The number of carbonyl (C=O) groups is 2. The minimum atomic E-state index is -0.336. The first-order valence-electron chi connectivity index (χ1n) is 11.2. The molecule has 4 rings (SSSR count). The molecular weight excluding hydrogens is 404 g/mol. The maximum atomic E-state index is 13.0. The molecule has 0 aromatic heterocycles. The monoisotopic (exact) mass is 434 g/mol. The Labute approximate surface area is 189 Å². The maximum absolute atomic E-state index is 13.0. The van der Waals surface area contributed by atoms with Crippen molar-refractivity contribution in [3.05, 3.63) is 72.1 Å². The van der Waals surface area contributed by atoms with Crippen LogP contribution in [0, 0.1) is 6.92 Å². The van der Waals surface area contributed by atoms with Gasteiger partial charge in [0.15, 0.2) is 0 Å². The Morgan fingerprint density at radius 1 is 1.12 bits per heavy atom. The molecule has 2 aromatic rings. The van der Waals surface area contributed by atoms with Crippen LogP contribution in [-0.2, 0) is 9.59 Å². The van der Waals surface area contributed by atoms with Crippen LogP contribution in [0.1, 0.15) is 43.4 Å². The number of nitrogens with one attached hydrogen (secondary N) is 2. The van der Waals surface area contributed by atoms with Crippen molar-refractivity contribution in [2.24, 2.45) is 0 Å². The van der Waals surface area contributed by atoms with E-state index in [9.17, 15) is 9.59 Å². The smallest absolute Gasteiger partial charge is 0.251 e. The molecule has 2 aromatic carbocycles. The number of nitrogens with zero attached hydrogens (tertiary/aromatic N) is 2. The molecule has 2 N–H and O–H groups in total. The summed E-state index contributed by atoms with van der Waals surface area (Å²) >= 11 is 0. The Balaban J connectivity index is 1.33. The number of ether oxygens (including phenoxy) is 1. The van der Waals surface area contributed by atoms with Crippen LogP contribution in [-0.4, -0.2) is 40.9 Å². The molecule has 0 aliphatic carbocycles. The summed E-state index contributed by atoms with van der Waals surface area (Å²) in [6.45, 7) is 4.84. The number of benzene rings is 2. The van der Waals surface area contributed by atoms with Crippen molar-refractivity contribution in [1.82, 2.24) is 15.3 Å². The highest BCUT2D eigenvalue weighted by Gasteiger charge is 2.40. The predicted octanol–water partition coefficient (Wildman–Crippen LogP) is 3.75. The van der Waals surface area contributed by atoms with Gasteiger partial charge in [-0.05, 0) is 49.6 Å². The van der Waals surface area contributed by atoms with Gasteiger partial charge in [0.1, 0.15) is 18.3 Å². The zero-order chi connectivity index (χ0) is 22.5. The summed E-state index contributed by atoms with van der Waals surface area (Å²) < 4.78 is 5.73. The minimum Gasteiger partial charge on any atom is -0.494 e. The molecule has 2 unspecified atom stereocenters. The average molecular weight is 435 g/mol. The second-order valence-electron chi connectivity index (χ2n) is 8.29.